The third-order valence-electron chi connectivity index (χ3n) is 4.94. The molecular weight excluding hydrogens is 382 g/mol. The van der Waals surface area contributed by atoms with Crippen molar-refractivity contribution in [2.24, 2.45) is 0 Å². The van der Waals surface area contributed by atoms with Gasteiger partial charge in [0, 0.05) is 55.3 Å². The van der Waals surface area contributed by atoms with Crippen molar-refractivity contribution in [2.45, 2.75) is 44.6 Å². The fourth-order valence-corrected chi connectivity index (χ4v) is 4.18. The average molecular weight is 414 g/mol. The van der Waals surface area contributed by atoms with Crippen LogP contribution in [0.5, 0.6) is 0 Å². The minimum Gasteiger partial charge on any atom is -0.354 e. The Morgan fingerprint density at radius 2 is 1.93 bits per heavy atom. The molecule has 0 bridgehead atoms. The van der Waals surface area contributed by atoms with Crippen LogP contribution in [-0.4, -0.2) is 59.5 Å². The second-order valence-corrected chi connectivity index (χ2v) is 8.63. The van der Waals surface area contributed by atoms with Crippen molar-refractivity contribution in [3.63, 3.8) is 0 Å². The lowest BCUT2D eigenvalue weighted by Gasteiger charge is -2.34. The molecule has 156 valence electrons. The molecule has 0 radical (unpaired) electrons. The van der Waals surface area contributed by atoms with Crippen LogP contribution in [0.15, 0.2) is 35.5 Å². The van der Waals surface area contributed by atoms with E-state index in [1.165, 1.54) is 0 Å². The number of nitrogens with zero attached hydrogens (tertiary/aromatic N) is 4. The maximum Gasteiger partial charge on any atom is 0.251 e. The van der Waals surface area contributed by atoms with E-state index in [2.05, 4.69) is 33.1 Å². The van der Waals surface area contributed by atoms with E-state index in [-0.39, 0.29) is 11.9 Å². The number of nitrogens with one attached hydrogen (secondary N) is 1. The molecule has 7 heteroatoms. The fourth-order valence-electron chi connectivity index (χ4n) is 3.34. The number of benzene rings is 1. The number of thioether (sulfide) groups is 1. The van der Waals surface area contributed by atoms with E-state index in [4.69, 9.17) is 4.98 Å². The molecule has 0 unspecified atom stereocenters. The molecule has 0 saturated carbocycles. The maximum atomic E-state index is 12.2. The van der Waals surface area contributed by atoms with Crippen LogP contribution in [0.4, 0.5) is 5.82 Å². The van der Waals surface area contributed by atoms with Crippen molar-refractivity contribution in [3.8, 4) is 0 Å². The van der Waals surface area contributed by atoms with Gasteiger partial charge in [0.2, 0.25) is 0 Å². The van der Waals surface area contributed by atoms with Gasteiger partial charge < -0.3 is 15.1 Å². The predicted octanol–water partition coefficient (Wildman–Crippen LogP) is 3.36. The summed E-state index contributed by atoms with van der Waals surface area (Å²) in [6.07, 6.45) is 0. The van der Waals surface area contributed by atoms with E-state index in [1.807, 2.05) is 45.0 Å². The molecule has 0 spiro atoms. The van der Waals surface area contributed by atoms with E-state index in [0.29, 0.717) is 5.56 Å². The first-order valence-corrected chi connectivity index (χ1v) is 11.3. The molecule has 2 aromatic rings. The van der Waals surface area contributed by atoms with Crippen LogP contribution in [0.3, 0.4) is 0 Å². The average Bonchev–Trinajstić information content (AvgIpc) is 2.71. The molecule has 29 heavy (non-hydrogen) atoms. The molecule has 1 aromatic carbocycles. The van der Waals surface area contributed by atoms with Crippen molar-refractivity contribution in [2.75, 3.05) is 37.6 Å². The Hall–Kier alpha value is -2.12. The molecule has 1 saturated heterocycles. The molecule has 0 atom stereocenters. The van der Waals surface area contributed by atoms with Gasteiger partial charge in [0.1, 0.15) is 5.82 Å². The molecule has 1 amide bonds. The number of piperazine rings is 1. The van der Waals surface area contributed by atoms with E-state index in [9.17, 15) is 4.79 Å². The van der Waals surface area contributed by atoms with Crippen LogP contribution in [0, 0.1) is 6.92 Å². The van der Waals surface area contributed by atoms with Gasteiger partial charge in [-0.15, -0.1) is 0 Å². The lowest BCUT2D eigenvalue weighted by Crippen LogP contribution is -2.46. The van der Waals surface area contributed by atoms with Gasteiger partial charge >= 0.3 is 0 Å². The van der Waals surface area contributed by atoms with Gasteiger partial charge in [-0.05, 0) is 45.0 Å². The summed E-state index contributed by atoms with van der Waals surface area (Å²) in [5.41, 5.74) is 2.77. The Bertz CT molecular complexity index is 834. The van der Waals surface area contributed by atoms with Gasteiger partial charge in [-0.3, -0.25) is 4.79 Å². The van der Waals surface area contributed by atoms with Crippen LogP contribution in [0.1, 0.15) is 42.4 Å². The first kappa shape index (κ1) is 21.6. The van der Waals surface area contributed by atoms with E-state index >= 15 is 0 Å². The summed E-state index contributed by atoms with van der Waals surface area (Å²) in [5.74, 6) is 1.71. The van der Waals surface area contributed by atoms with Crippen LogP contribution in [0.25, 0.3) is 0 Å². The first-order chi connectivity index (χ1) is 13.9. The van der Waals surface area contributed by atoms with Crippen molar-refractivity contribution in [1.82, 2.24) is 20.2 Å². The molecule has 1 fully saturated rings. The molecule has 1 aliphatic heterocycles. The molecule has 0 aliphatic carbocycles. The number of carbonyl (C=O) groups excluding carboxylic acids is 1. The standard InChI is InChI=1S/C22H31N5OS/c1-5-26-9-11-27(12-10-26)20-13-17(4)24-22(25-20)29-15-18-7-6-8-19(14-18)21(28)23-16(2)3/h6-8,13-14,16H,5,9-12,15H2,1-4H3,(H,23,28). The zero-order chi connectivity index (χ0) is 20.8. The maximum absolute atomic E-state index is 12.2. The number of rotatable bonds is 7. The van der Waals surface area contributed by atoms with Gasteiger partial charge in [-0.1, -0.05) is 30.8 Å². The molecule has 2 heterocycles. The topological polar surface area (TPSA) is 61.4 Å². The Labute approximate surface area is 178 Å². The highest BCUT2D eigenvalue weighted by molar-refractivity contribution is 7.98. The summed E-state index contributed by atoms with van der Waals surface area (Å²) >= 11 is 1.61. The second-order valence-electron chi connectivity index (χ2n) is 7.69. The number of anilines is 1. The summed E-state index contributed by atoms with van der Waals surface area (Å²) < 4.78 is 0. The first-order valence-electron chi connectivity index (χ1n) is 10.3. The van der Waals surface area contributed by atoms with Crippen LogP contribution in [0.2, 0.25) is 0 Å². The normalized spacial score (nSPS) is 15.0. The number of hydrogen-bond donors (Lipinski definition) is 1. The highest BCUT2D eigenvalue weighted by atomic mass is 32.2. The predicted molar refractivity (Wildman–Crippen MR) is 120 cm³/mol. The van der Waals surface area contributed by atoms with Crippen molar-refractivity contribution in [1.29, 1.82) is 0 Å². The Balaban J connectivity index is 1.65. The van der Waals surface area contributed by atoms with Gasteiger partial charge in [-0.25, -0.2) is 9.97 Å². The summed E-state index contributed by atoms with van der Waals surface area (Å²) in [5, 5.41) is 3.73. The van der Waals surface area contributed by atoms with Gasteiger partial charge in [0.15, 0.2) is 5.16 Å². The number of hydrogen-bond acceptors (Lipinski definition) is 6. The van der Waals surface area contributed by atoms with E-state index in [0.717, 1.165) is 60.7 Å². The largest absolute Gasteiger partial charge is 0.354 e. The lowest BCUT2D eigenvalue weighted by atomic mass is 10.1. The quantitative estimate of drug-likeness (QED) is 0.555. The summed E-state index contributed by atoms with van der Waals surface area (Å²) in [6.45, 7) is 13.4. The molecule has 1 aromatic heterocycles. The zero-order valence-corrected chi connectivity index (χ0v) is 18.6. The van der Waals surface area contributed by atoms with Gasteiger partial charge in [-0.2, -0.15) is 0 Å². The fraction of sp³-hybridized carbons (Fsp3) is 0.500. The van der Waals surface area contributed by atoms with E-state index < -0.39 is 0 Å². The van der Waals surface area contributed by atoms with Crippen LogP contribution < -0.4 is 10.2 Å². The smallest absolute Gasteiger partial charge is 0.251 e. The number of aromatic nitrogens is 2. The molecule has 1 aliphatic rings. The Kier molecular flexibility index (Phi) is 7.50. The molecule has 6 nitrogen and oxygen atoms in total. The van der Waals surface area contributed by atoms with Crippen molar-refractivity contribution < 1.29 is 4.79 Å². The van der Waals surface area contributed by atoms with Crippen molar-refractivity contribution >= 4 is 23.5 Å². The van der Waals surface area contributed by atoms with Crippen LogP contribution >= 0.6 is 11.8 Å². The summed E-state index contributed by atoms with van der Waals surface area (Å²) in [7, 11) is 0. The molecular formula is C22H31N5OS. The number of carbonyl (C=O) groups is 1. The molecule has 1 N–H and O–H groups in total. The number of amides is 1. The monoisotopic (exact) mass is 413 g/mol. The highest BCUT2D eigenvalue weighted by Gasteiger charge is 2.18. The highest BCUT2D eigenvalue weighted by Crippen LogP contribution is 2.24. The lowest BCUT2D eigenvalue weighted by molar-refractivity contribution is 0.0943. The van der Waals surface area contributed by atoms with Gasteiger partial charge in [0.05, 0.1) is 0 Å². The van der Waals surface area contributed by atoms with Gasteiger partial charge in [0.25, 0.3) is 5.91 Å². The van der Waals surface area contributed by atoms with Crippen LogP contribution in [-0.2, 0) is 5.75 Å². The second kappa shape index (κ2) is 10.1. The van der Waals surface area contributed by atoms with Crippen molar-refractivity contribution in [3.05, 3.63) is 47.2 Å². The minimum absolute atomic E-state index is 0.0350. The summed E-state index contributed by atoms with van der Waals surface area (Å²) in [6, 6.07) is 9.97. The SMILES string of the molecule is CCN1CCN(c2cc(C)nc(SCc3cccc(C(=O)NC(C)C)c3)n2)CC1. The number of likely N-dealkylation sites (N-methyl/N-ethyl adjacent to an activating group) is 1. The third kappa shape index (κ3) is 6.18. The molecule has 3 rings (SSSR count). The van der Waals surface area contributed by atoms with E-state index in [1.54, 1.807) is 11.8 Å². The Morgan fingerprint density at radius 1 is 1.17 bits per heavy atom. The Morgan fingerprint density at radius 3 is 2.62 bits per heavy atom. The summed E-state index contributed by atoms with van der Waals surface area (Å²) in [4.78, 5) is 26.5. The number of aryl methyl sites for hydroxylation is 1. The third-order valence-corrected chi connectivity index (χ3v) is 5.86. The minimum atomic E-state index is -0.0350. The zero-order valence-electron chi connectivity index (χ0n) is 17.8.